The summed E-state index contributed by atoms with van der Waals surface area (Å²) in [5, 5.41) is 1.30. The molecule has 2 aromatic heterocycles. The van der Waals surface area contributed by atoms with Crippen LogP contribution in [0.15, 0.2) is 24.4 Å². The molecule has 0 saturated carbocycles. The van der Waals surface area contributed by atoms with E-state index in [9.17, 15) is 0 Å². The Morgan fingerprint density at radius 3 is 2.93 bits per heavy atom. The Hall–Kier alpha value is -2.64. The highest BCUT2D eigenvalue weighted by Crippen LogP contribution is 2.47. The van der Waals surface area contributed by atoms with Crippen LogP contribution in [0.1, 0.15) is 5.56 Å². The molecule has 0 bridgehead atoms. The van der Waals surface area contributed by atoms with E-state index in [-0.39, 0.29) is 6.10 Å². The van der Waals surface area contributed by atoms with E-state index >= 15 is 0 Å². The van der Waals surface area contributed by atoms with Gasteiger partial charge in [0, 0.05) is 11.6 Å². The first-order valence-electron chi connectivity index (χ1n) is 8.61. The summed E-state index contributed by atoms with van der Waals surface area (Å²) in [6.45, 7) is 6.28. The van der Waals surface area contributed by atoms with E-state index < -0.39 is 0 Å². The van der Waals surface area contributed by atoms with Crippen molar-refractivity contribution in [3.8, 4) is 28.0 Å². The molecule has 3 heterocycles. The molecule has 8 heteroatoms. The summed E-state index contributed by atoms with van der Waals surface area (Å²) in [6, 6.07) is 5.76. The highest BCUT2D eigenvalue weighted by atomic mass is 35.5. The highest BCUT2D eigenvalue weighted by Gasteiger charge is 2.25. The summed E-state index contributed by atoms with van der Waals surface area (Å²) in [5.41, 5.74) is 4.13. The molecule has 4 aromatic rings. The minimum Gasteiger partial charge on any atom is -0.484 e. The number of ether oxygens (including phenoxy) is 3. The molecule has 6 nitrogen and oxygen atoms in total. The molecule has 1 aliphatic heterocycles. The van der Waals surface area contributed by atoms with Crippen molar-refractivity contribution < 1.29 is 14.2 Å². The first-order chi connectivity index (χ1) is 13.5. The third kappa shape index (κ3) is 2.73. The zero-order chi connectivity index (χ0) is 19.4. The second-order valence-electron chi connectivity index (χ2n) is 6.53. The lowest BCUT2D eigenvalue weighted by atomic mass is 10.1. The van der Waals surface area contributed by atoms with Crippen molar-refractivity contribution in [1.82, 2.24) is 15.0 Å². The minimum absolute atomic E-state index is 0.264. The number of hydrogen-bond acceptors (Lipinski definition) is 7. The van der Waals surface area contributed by atoms with Gasteiger partial charge >= 0.3 is 0 Å². The maximum Gasteiger partial charge on any atom is 0.232 e. The molecule has 1 radical (unpaired) electrons. The van der Waals surface area contributed by atoms with E-state index in [0.717, 1.165) is 31.9 Å². The molecule has 0 fully saturated rings. The van der Waals surface area contributed by atoms with Crippen LogP contribution >= 0.6 is 22.9 Å². The summed E-state index contributed by atoms with van der Waals surface area (Å²) in [4.78, 5) is 13.8. The SMILES string of the molecule is [CH2][C@@H]1COc2c(cc(Cl)c3nc(-c4cc(C)cc5nc(OC)cnc45)sc23)O1. The molecule has 1 aliphatic rings. The molecule has 0 unspecified atom stereocenters. The largest absolute Gasteiger partial charge is 0.484 e. The lowest BCUT2D eigenvalue weighted by Gasteiger charge is -2.24. The van der Waals surface area contributed by atoms with Gasteiger partial charge < -0.3 is 14.2 Å². The van der Waals surface area contributed by atoms with Gasteiger partial charge in [0.15, 0.2) is 11.5 Å². The van der Waals surface area contributed by atoms with Gasteiger partial charge in [-0.1, -0.05) is 11.6 Å². The summed E-state index contributed by atoms with van der Waals surface area (Å²) < 4.78 is 17.7. The lowest BCUT2D eigenvalue weighted by molar-refractivity contribution is 0.123. The van der Waals surface area contributed by atoms with E-state index in [1.54, 1.807) is 19.4 Å². The van der Waals surface area contributed by atoms with Crippen molar-refractivity contribution in [3.63, 3.8) is 0 Å². The number of hydrogen-bond donors (Lipinski definition) is 0. The van der Waals surface area contributed by atoms with E-state index in [0.29, 0.717) is 34.5 Å². The van der Waals surface area contributed by atoms with E-state index in [1.165, 1.54) is 11.3 Å². The third-order valence-electron chi connectivity index (χ3n) is 4.46. The van der Waals surface area contributed by atoms with Crippen molar-refractivity contribution in [2.75, 3.05) is 13.7 Å². The number of nitrogens with zero attached hydrogens (tertiary/aromatic N) is 3. The molecule has 1 atom stereocenters. The molecule has 0 amide bonds. The predicted molar refractivity (Wildman–Crippen MR) is 110 cm³/mol. The van der Waals surface area contributed by atoms with Crippen molar-refractivity contribution in [2.45, 2.75) is 13.0 Å². The molecular formula is C20H15ClN3O3S. The Morgan fingerprint density at radius 2 is 2.11 bits per heavy atom. The van der Waals surface area contributed by atoms with Crippen molar-refractivity contribution in [2.24, 2.45) is 0 Å². The van der Waals surface area contributed by atoms with Crippen LogP contribution in [0.25, 0.3) is 31.8 Å². The van der Waals surface area contributed by atoms with E-state index in [1.807, 2.05) is 19.1 Å². The van der Waals surface area contributed by atoms with Crippen LogP contribution in [-0.4, -0.2) is 34.8 Å². The van der Waals surface area contributed by atoms with Gasteiger partial charge in [-0.25, -0.2) is 15.0 Å². The van der Waals surface area contributed by atoms with Crippen LogP contribution in [0.2, 0.25) is 5.02 Å². The third-order valence-corrected chi connectivity index (χ3v) is 5.83. The molecule has 0 aliphatic carbocycles. The smallest absolute Gasteiger partial charge is 0.232 e. The van der Waals surface area contributed by atoms with Crippen LogP contribution < -0.4 is 14.2 Å². The van der Waals surface area contributed by atoms with Crippen LogP contribution in [0.3, 0.4) is 0 Å². The maximum absolute atomic E-state index is 6.48. The van der Waals surface area contributed by atoms with E-state index in [4.69, 9.17) is 30.8 Å². The molecule has 2 aromatic carbocycles. The second kappa shape index (κ2) is 6.46. The number of benzene rings is 2. The Balaban J connectivity index is 1.75. The second-order valence-corrected chi connectivity index (χ2v) is 7.93. The Bertz CT molecular complexity index is 1240. The quantitative estimate of drug-likeness (QED) is 0.469. The monoisotopic (exact) mass is 412 g/mol. The fourth-order valence-corrected chi connectivity index (χ4v) is 4.63. The lowest BCUT2D eigenvalue weighted by Crippen LogP contribution is -2.26. The van der Waals surface area contributed by atoms with Crippen LogP contribution in [0.5, 0.6) is 17.4 Å². The van der Waals surface area contributed by atoms with Crippen molar-refractivity contribution >= 4 is 44.2 Å². The average molecular weight is 413 g/mol. The topological polar surface area (TPSA) is 66.4 Å². The zero-order valence-electron chi connectivity index (χ0n) is 15.2. The summed E-state index contributed by atoms with van der Waals surface area (Å²) in [7, 11) is 1.57. The van der Waals surface area contributed by atoms with E-state index in [2.05, 4.69) is 16.9 Å². The molecule has 0 saturated heterocycles. The number of methoxy groups -OCH3 is 1. The van der Waals surface area contributed by atoms with Crippen LogP contribution in [0, 0.1) is 13.8 Å². The molecule has 0 spiro atoms. The molecule has 28 heavy (non-hydrogen) atoms. The fourth-order valence-electron chi connectivity index (χ4n) is 3.24. The molecule has 5 rings (SSSR count). The standard InChI is InChI=1S/C20H15ClN3O3S/c1-9-4-11(16-13(5-9)23-15(25-3)7-22-16)20-24-17-12(21)6-14-18(19(17)28-20)26-8-10(2)27-14/h4-7,10H,2,8H2,1,3H3/t10-/m1/s1. The van der Waals surface area contributed by atoms with Gasteiger partial charge in [0.1, 0.15) is 27.9 Å². The summed E-state index contributed by atoms with van der Waals surface area (Å²) in [5.74, 6) is 1.73. The average Bonchev–Trinajstić information content (AvgIpc) is 3.12. The van der Waals surface area contributed by atoms with Crippen LogP contribution in [0.4, 0.5) is 0 Å². The highest BCUT2D eigenvalue weighted by molar-refractivity contribution is 7.22. The molecular weight excluding hydrogens is 398 g/mol. The van der Waals surface area contributed by atoms with Crippen LogP contribution in [-0.2, 0) is 0 Å². The minimum atomic E-state index is -0.264. The fraction of sp³-hybridized carbons (Fsp3) is 0.200. The number of thiazole rings is 1. The first kappa shape index (κ1) is 17.5. The Labute approximate surface area is 170 Å². The maximum atomic E-state index is 6.48. The zero-order valence-corrected chi connectivity index (χ0v) is 16.7. The van der Waals surface area contributed by atoms with Gasteiger partial charge in [0.25, 0.3) is 0 Å². The Morgan fingerprint density at radius 1 is 1.25 bits per heavy atom. The summed E-state index contributed by atoms with van der Waals surface area (Å²) in [6.07, 6.45) is 1.34. The van der Waals surface area contributed by atoms with Gasteiger partial charge in [0.2, 0.25) is 5.88 Å². The Kier molecular flexibility index (Phi) is 4.03. The van der Waals surface area contributed by atoms with Crippen molar-refractivity contribution in [1.29, 1.82) is 0 Å². The number of halogens is 1. The number of aromatic nitrogens is 3. The predicted octanol–water partition coefficient (Wildman–Crippen LogP) is 4.85. The number of fused-ring (bicyclic) bond motifs is 4. The van der Waals surface area contributed by atoms with Gasteiger partial charge in [0.05, 0.1) is 29.4 Å². The first-order valence-corrected chi connectivity index (χ1v) is 9.80. The van der Waals surface area contributed by atoms with Crippen molar-refractivity contribution in [3.05, 3.63) is 41.9 Å². The number of aryl methyl sites for hydroxylation is 1. The molecule has 0 N–H and O–H groups in total. The molecule has 141 valence electrons. The van der Waals surface area contributed by atoms with Gasteiger partial charge in [-0.05, 0) is 31.5 Å². The van der Waals surface area contributed by atoms with Gasteiger partial charge in [-0.2, -0.15) is 0 Å². The van der Waals surface area contributed by atoms with Gasteiger partial charge in [-0.3, -0.25) is 0 Å². The van der Waals surface area contributed by atoms with Gasteiger partial charge in [-0.15, -0.1) is 11.3 Å². The number of rotatable bonds is 2. The summed E-state index contributed by atoms with van der Waals surface area (Å²) >= 11 is 7.97. The normalized spacial score (nSPS) is 15.9.